The molecule has 0 bridgehead atoms. The monoisotopic (exact) mass is 406 g/mol. The fourth-order valence-electron chi connectivity index (χ4n) is 3.38. The zero-order valence-electron chi connectivity index (χ0n) is 15.3. The van der Waals surface area contributed by atoms with Gasteiger partial charge in [-0.15, -0.1) is 0 Å². The molecule has 4 rings (SSSR count). The van der Waals surface area contributed by atoms with Gasteiger partial charge in [0.25, 0.3) is 0 Å². The van der Waals surface area contributed by atoms with Gasteiger partial charge in [-0.2, -0.15) is 0 Å². The molecule has 0 spiro atoms. The van der Waals surface area contributed by atoms with E-state index in [1.54, 1.807) is 7.11 Å². The first kappa shape index (κ1) is 18.5. The number of benzene rings is 3. The summed E-state index contributed by atoms with van der Waals surface area (Å²) in [6.07, 6.45) is 0. The highest BCUT2D eigenvalue weighted by Crippen LogP contribution is 2.38. The minimum absolute atomic E-state index is 0.0921. The molecule has 3 aromatic rings. The Morgan fingerprint density at radius 2 is 1.54 bits per heavy atom. The van der Waals surface area contributed by atoms with Gasteiger partial charge in [-0.3, -0.25) is 0 Å². The summed E-state index contributed by atoms with van der Waals surface area (Å²) >= 11 is 11.6. The maximum atomic E-state index is 6.10. The van der Waals surface area contributed by atoms with Crippen LogP contribution in [0.1, 0.15) is 22.7 Å². The zero-order chi connectivity index (χ0) is 19.5. The molecule has 1 aliphatic heterocycles. The maximum Gasteiger partial charge on any atom is 0.171 e. The Kier molecular flexibility index (Phi) is 5.33. The van der Waals surface area contributed by atoms with Gasteiger partial charge < -0.3 is 15.4 Å². The van der Waals surface area contributed by atoms with Crippen molar-refractivity contribution in [2.45, 2.75) is 6.04 Å². The molecule has 28 heavy (non-hydrogen) atoms. The lowest BCUT2D eigenvalue weighted by molar-refractivity contribution is 0.415. The first-order valence-electron chi connectivity index (χ1n) is 8.92. The van der Waals surface area contributed by atoms with E-state index in [4.69, 9.17) is 28.6 Å². The Balaban J connectivity index is 1.91. The van der Waals surface area contributed by atoms with E-state index in [-0.39, 0.29) is 6.04 Å². The van der Waals surface area contributed by atoms with E-state index in [1.807, 2.05) is 66.7 Å². The average Bonchev–Trinajstić information content (AvgIpc) is 2.74. The molecule has 0 aliphatic carbocycles. The van der Waals surface area contributed by atoms with Gasteiger partial charge in [0.2, 0.25) is 0 Å². The highest BCUT2D eigenvalue weighted by Gasteiger charge is 2.28. The van der Waals surface area contributed by atoms with E-state index in [0.29, 0.717) is 10.1 Å². The summed E-state index contributed by atoms with van der Waals surface area (Å²) in [6, 6.07) is 26.1. The lowest BCUT2D eigenvalue weighted by Gasteiger charge is -2.33. The molecule has 3 aromatic carbocycles. The summed E-state index contributed by atoms with van der Waals surface area (Å²) in [5.74, 6) is 0.816. The predicted octanol–water partition coefficient (Wildman–Crippen LogP) is 5.44. The molecule has 2 N–H and O–H groups in total. The molecule has 1 atom stereocenters. The van der Waals surface area contributed by atoms with E-state index in [2.05, 4.69) is 22.8 Å². The molecule has 0 saturated carbocycles. The van der Waals surface area contributed by atoms with Crippen LogP contribution in [-0.4, -0.2) is 12.2 Å². The van der Waals surface area contributed by atoms with Crippen molar-refractivity contribution in [3.8, 4) is 5.75 Å². The summed E-state index contributed by atoms with van der Waals surface area (Å²) in [7, 11) is 1.66. The summed E-state index contributed by atoms with van der Waals surface area (Å²) in [5, 5.41) is 8.08. The third-order valence-electron chi connectivity index (χ3n) is 4.74. The van der Waals surface area contributed by atoms with Crippen LogP contribution in [0.3, 0.4) is 0 Å². The predicted molar refractivity (Wildman–Crippen MR) is 119 cm³/mol. The molecule has 5 heteroatoms. The third-order valence-corrected chi connectivity index (χ3v) is 5.21. The van der Waals surface area contributed by atoms with Gasteiger partial charge >= 0.3 is 0 Å². The molecule has 0 amide bonds. The minimum Gasteiger partial charge on any atom is -0.497 e. The van der Waals surface area contributed by atoms with Crippen molar-refractivity contribution in [1.29, 1.82) is 0 Å². The Bertz CT molecular complexity index is 1010. The van der Waals surface area contributed by atoms with Gasteiger partial charge in [-0.25, -0.2) is 0 Å². The van der Waals surface area contributed by atoms with Crippen LogP contribution < -0.4 is 15.4 Å². The second-order valence-electron chi connectivity index (χ2n) is 6.47. The molecular formula is C23H19ClN2OS. The molecule has 140 valence electrons. The van der Waals surface area contributed by atoms with Crippen molar-refractivity contribution >= 4 is 40.2 Å². The van der Waals surface area contributed by atoms with Crippen LogP contribution in [0.15, 0.2) is 78.9 Å². The van der Waals surface area contributed by atoms with Crippen LogP contribution in [0.2, 0.25) is 5.02 Å². The molecule has 0 saturated heterocycles. The number of hydrogen-bond donors (Lipinski definition) is 2. The first-order valence-corrected chi connectivity index (χ1v) is 9.71. The zero-order valence-corrected chi connectivity index (χ0v) is 16.8. The summed E-state index contributed by atoms with van der Waals surface area (Å²) in [5.41, 5.74) is 5.37. The fourth-order valence-corrected chi connectivity index (χ4v) is 3.73. The first-order chi connectivity index (χ1) is 13.7. The number of halogens is 1. The molecule has 1 aliphatic rings. The van der Waals surface area contributed by atoms with Crippen molar-refractivity contribution in [3.63, 3.8) is 0 Å². The number of ether oxygens (including phenoxy) is 1. The molecule has 0 fully saturated rings. The van der Waals surface area contributed by atoms with Crippen LogP contribution in [-0.2, 0) is 0 Å². The SMILES string of the molecule is COc1ccc(C2=C(c3ccccc3)C(c3ccc(Cl)cc3)NC(=S)N2)cc1. The van der Waals surface area contributed by atoms with Crippen molar-refractivity contribution < 1.29 is 4.74 Å². The van der Waals surface area contributed by atoms with Gasteiger partial charge in [0, 0.05) is 10.6 Å². The van der Waals surface area contributed by atoms with Crippen molar-refractivity contribution in [1.82, 2.24) is 10.6 Å². The van der Waals surface area contributed by atoms with Gasteiger partial charge in [-0.05, 0) is 65.3 Å². The van der Waals surface area contributed by atoms with E-state index in [9.17, 15) is 0 Å². The van der Waals surface area contributed by atoms with Crippen LogP contribution in [0.5, 0.6) is 5.75 Å². The Morgan fingerprint density at radius 3 is 2.18 bits per heavy atom. The van der Waals surface area contributed by atoms with Crippen LogP contribution in [0.4, 0.5) is 0 Å². The summed E-state index contributed by atoms with van der Waals surface area (Å²) < 4.78 is 5.30. The highest BCUT2D eigenvalue weighted by molar-refractivity contribution is 7.80. The summed E-state index contributed by atoms with van der Waals surface area (Å²) in [6.45, 7) is 0. The minimum atomic E-state index is -0.0921. The Labute approximate surface area is 175 Å². The van der Waals surface area contributed by atoms with Crippen LogP contribution in [0.25, 0.3) is 11.3 Å². The van der Waals surface area contributed by atoms with E-state index < -0.39 is 0 Å². The largest absolute Gasteiger partial charge is 0.497 e. The molecule has 3 nitrogen and oxygen atoms in total. The molecular weight excluding hydrogens is 388 g/mol. The average molecular weight is 407 g/mol. The van der Waals surface area contributed by atoms with E-state index in [0.717, 1.165) is 33.7 Å². The number of rotatable bonds is 4. The standard InChI is InChI=1S/C23H19ClN2OS/c1-27-19-13-9-17(10-14-19)22-20(15-5-3-2-4-6-15)21(25-23(28)26-22)16-7-11-18(24)12-8-16/h2-14,21H,1H3,(H2,25,26,28). The molecule has 0 aromatic heterocycles. The second kappa shape index (κ2) is 8.05. The van der Waals surface area contributed by atoms with Crippen LogP contribution in [0, 0.1) is 0 Å². The lowest BCUT2D eigenvalue weighted by atomic mass is 9.88. The summed E-state index contributed by atoms with van der Waals surface area (Å²) in [4.78, 5) is 0. The normalized spacial score (nSPS) is 16.4. The van der Waals surface area contributed by atoms with E-state index in [1.165, 1.54) is 0 Å². The van der Waals surface area contributed by atoms with Gasteiger partial charge in [-0.1, -0.05) is 54.1 Å². The molecule has 1 unspecified atom stereocenters. The van der Waals surface area contributed by atoms with Gasteiger partial charge in [0.05, 0.1) is 18.8 Å². The van der Waals surface area contributed by atoms with Crippen molar-refractivity contribution in [2.24, 2.45) is 0 Å². The second-order valence-corrected chi connectivity index (χ2v) is 7.31. The Hall–Kier alpha value is -2.82. The fraction of sp³-hybridized carbons (Fsp3) is 0.0870. The van der Waals surface area contributed by atoms with Crippen molar-refractivity contribution in [3.05, 3.63) is 101 Å². The Morgan fingerprint density at radius 1 is 0.857 bits per heavy atom. The maximum absolute atomic E-state index is 6.10. The van der Waals surface area contributed by atoms with Gasteiger partial charge in [0.15, 0.2) is 5.11 Å². The van der Waals surface area contributed by atoms with Crippen LogP contribution >= 0.6 is 23.8 Å². The smallest absolute Gasteiger partial charge is 0.171 e. The topological polar surface area (TPSA) is 33.3 Å². The number of nitrogens with one attached hydrogen (secondary N) is 2. The number of thiocarbonyl (C=S) groups is 1. The van der Waals surface area contributed by atoms with Crippen molar-refractivity contribution in [2.75, 3.05) is 7.11 Å². The van der Waals surface area contributed by atoms with Gasteiger partial charge in [0.1, 0.15) is 5.75 Å². The van der Waals surface area contributed by atoms with E-state index >= 15 is 0 Å². The number of hydrogen-bond acceptors (Lipinski definition) is 2. The molecule has 0 radical (unpaired) electrons. The molecule has 1 heterocycles. The number of methoxy groups -OCH3 is 1. The lowest BCUT2D eigenvalue weighted by Crippen LogP contribution is -2.42. The quantitative estimate of drug-likeness (QED) is 0.565. The third kappa shape index (κ3) is 3.75. The highest BCUT2D eigenvalue weighted by atomic mass is 35.5.